The Morgan fingerprint density at radius 3 is 2.19 bits per heavy atom. The van der Waals surface area contributed by atoms with Crippen molar-refractivity contribution in [3.05, 3.63) is 29.8 Å². The van der Waals surface area contributed by atoms with E-state index in [1.165, 1.54) is 0 Å². The van der Waals surface area contributed by atoms with Gasteiger partial charge in [0.25, 0.3) is 0 Å². The first kappa shape index (κ1) is 17.0. The Kier molecular flexibility index (Phi) is 6.21. The lowest BCUT2D eigenvalue weighted by atomic mass is 9.96. The first-order valence-corrected chi connectivity index (χ1v) is 7.21. The maximum absolute atomic E-state index is 12.4. The molecule has 0 saturated carbocycles. The molecule has 0 bridgehead atoms. The van der Waals surface area contributed by atoms with Gasteiger partial charge in [0, 0.05) is 18.7 Å². The van der Waals surface area contributed by atoms with Gasteiger partial charge in [-0.25, -0.2) is 0 Å². The summed E-state index contributed by atoms with van der Waals surface area (Å²) in [6.07, 6.45) is 0.351. The van der Waals surface area contributed by atoms with Crippen molar-refractivity contribution in [1.82, 2.24) is 4.90 Å². The number of benzene rings is 1. The summed E-state index contributed by atoms with van der Waals surface area (Å²) in [5.41, 5.74) is 12.6. The van der Waals surface area contributed by atoms with Crippen molar-refractivity contribution in [2.75, 3.05) is 18.8 Å². The third kappa shape index (κ3) is 5.85. The number of rotatable bonds is 7. The summed E-state index contributed by atoms with van der Waals surface area (Å²) >= 11 is 0. The first-order valence-electron chi connectivity index (χ1n) is 7.21. The lowest BCUT2D eigenvalue weighted by Crippen LogP contribution is -2.40. The van der Waals surface area contributed by atoms with Crippen LogP contribution < -0.4 is 11.5 Å². The van der Waals surface area contributed by atoms with E-state index in [-0.39, 0.29) is 18.4 Å². The lowest BCUT2D eigenvalue weighted by Gasteiger charge is -2.24. The van der Waals surface area contributed by atoms with E-state index >= 15 is 0 Å². The van der Waals surface area contributed by atoms with Crippen LogP contribution in [0.5, 0.6) is 0 Å². The van der Waals surface area contributed by atoms with Gasteiger partial charge in [0.05, 0.1) is 6.54 Å². The Morgan fingerprint density at radius 2 is 1.71 bits per heavy atom. The molecule has 1 unspecified atom stereocenters. The standard InChI is InChI=1S/C16H25N3O2/c1-11(2)9-19(10-15(18)20)16(21)8-12(3)13-4-6-14(17)7-5-13/h4-7,11-12H,8-10,17H2,1-3H3,(H2,18,20). The summed E-state index contributed by atoms with van der Waals surface area (Å²) in [5.74, 6) is -0.170. The molecule has 0 radical (unpaired) electrons. The van der Waals surface area contributed by atoms with Crippen molar-refractivity contribution in [1.29, 1.82) is 0 Å². The smallest absolute Gasteiger partial charge is 0.237 e. The number of nitrogens with two attached hydrogens (primary N) is 2. The molecule has 5 nitrogen and oxygen atoms in total. The van der Waals surface area contributed by atoms with E-state index < -0.39 is 5.91 Å². The van der Waals surface area contributed by atoms with Gasteiger partial charge in [-0.15, -0.1) is 0 Å². The van der Waals surface area contributed by atoms with E-state index in [0.29, 0.717) is 24.6 Å². The van der Waals surface area contributed by atoms with Crippen LogP contribution in [0.3, 0.4) is 0 Å². The van der Waals surface area contributed by atoms with Gasteiger partial charge in [-0.2, -0.15) is 0 Å². The maximum Gasteiger partial charge on any atom is 0.237 e. The molecule has 5 heteroatoms. The topological polar surface area (TPSA) is 89.4 Å². The van der Waals surface area contributed by atoms with Crippen molar-refractivity contribution in [3.8, 4) is 0 Å². The summed E-state index contributed by atoms with van der Waals surface area (Å²) in [7, 11) is 0. The zero-order chi connectivity index (χ0) is 16.0. The molecular weight excluding hydrogens is 266 g/mol. The molecule has 1 aromatic carbocycles. The molecule has 0 aliphatic heterocycles. The molecule has 1 aromatic rings. The fraction of sp³-hybridized carbons (Fsp3) is 0.500. The van der Waals surface area contributed by atoms with E-state index in [4.69, 9.17) is 11.5 Å². The Bertz CT molecular complexity index is 483. The van der Waals surface area contributed by atoms with E-state index in [1.807, 2.05) is 45.0 Å². The minimum atomic E-state index is -0.482. The number of amides is 2. The molecule has 1 atom stereocenters. The molecule has 2 amide bonds. The highest BCUT2D eigenvalue weighted by Crippen LogP contribution is 2.21. The average molecular weight is 291 g/mol. The fourth-order valence-electron chi connectivity index (χ4n) is 2.22. The summed E-state index contributed by atoms with van der Waals surface area (Å²) in [4.78, 5) is 25.0. The molecular formula is C16H25N3O2. The van der Waals surface area contributed by atoms with Gasteiger partial charge in [-0.05, 0) is 29.5 Å². The van der Waals surface area contributed by atoms with Crippen LogP contribution in [0.25, 0.3) is 0 Å². The summed E-state index contributed by atoms with van der Waals surface area (Å²) in [5, 5.41) is 0. The number of nitrogens with zero attached hydrogens (tertiary/aromatic N) is 1. The normalized spacial score (nSPS) is 12.2. The second-order valence-corrected chi connectivity index (χ2v) is 5.91. The highest BCUT2D eigenvalue weighted by atomic mass is 16.2. The molecule has 0 fully saturated rings. The molecule has 0 aromatic heterocycles. The van der Waals surface area contributed by atoms with Crippen LogP contribution in [0.4, 0.5) is 5.69 Å². The van der Waals surface area contributed by atoms with Gasteiger partial charge in [-0.3, -0.25) is 9.59 Å². The van der Waals surface area contributed by atoms with Crippen molar-refractivity contribution in [2.45, 2.75) is 33.1 Å². The molecule has 0 aliphatic rings. The summed E-state index contributed by atoms with van der Waals surface area (Å²) in [6, 6.07) is 7.50. The molecule has 21 heavy (non-hydrogen) atoms. The van der Waals surface area contributed by atoms with E-state index in [0.717, 1.165) is 5.56 Å². The number of nitrogen functional groups attached to an aromatic ring is 1. The maximum atomic E-state index is 12.4. The highest BCUT2D eigenvalue weighted by molar-refractivity contribution is 5.84. The van der Waals surface area contributed by atoms with Crippen LogP contribution in [0.15, 0.2) is 24.3 Å². The monoisotopic (exact) mass is 291 g/mol. The van der Waals surface area contributed by atoms with Gasteiger partial charge >= 0.3 is 0 Å². The predicted molar refractivity (Wildman–Crippen MR) is 84.5 cm³/mol. The quantitative estimate of drug-likeness (QED) is 0.750. The second-order valence-electron chi connectivity index (χ2n) is 5.91. The Morgan fingerprint density at radius 1 is 1.14 bits per heavy atom. The number of hydrogen-bond acceptors (Lipinski definition) is 3. The third-order valence-corrected chi connectivity index (χ3v) is 3.27. The largest absolute Gasteiger partial charge is 0.399 e. The van der Waals surface area contributed by atoms with Gasteiger partial charge < -0.3 is 16.4 Å². The van der Waals surface area contributed by atoms with Crippen LogP contribution in [-0.2, 0) is 9.59 Å². The molecule has 0 heterocycles. The molecule has 4 N–H and O–H groups in total. The fourth-order valence-corrected chi connectivity index (χ4v) is 2.22. The zero-order valence-corrected chi connectivity index (χ0v) is 13.0. The number of carbonyl (C=O) groups is 2. The van der Waals surface area contributed by atoms with Gasteiger partial charge in [0.2, 0.25) is 11.8 Å². The molecule has 0 aliphatic carbocycles. The average Bonchev–Trinajstić information content (AvgIpc) is 2.37. The predicted octanol–water partition coefficient (Wildman–Crippen LogP) is 1.73. The second kappa shape index (κ2) is 7.67. The van der Waals surface area contributed by atoms with Gasteiger partial charge in [0.1, 0.15) is 0 Å². The highest BCUT2D eigenvalue weighted by Gasteiger charge is 2.20. The van der Waals surface area contributed by atoms with E-state index in [1.54, 1.807) is 4.90 Å². The van der Waals surface area contributed by atoms with Crippen molar-refractivity contribution in [2.24, 2.45) is 11.7 Å². The SMILES string of the molecule is CC(C)CN(CC(N)=O)C(=O)CC(C)c1ccc(N)cc1. The third-order valence-electron chi connectivity index (χ3n) is 3.27. The van der Waals surface area contributed by atoms with Gasteiger partial charge in [-0.1, -0.05) is 32.9 Å². The van der Waals surface area contributed by atoms with E-state index in [2.05, 4.69) is 0 Å². The Labute approximate surface area is 126 Å². The van der Waals surface area contributed by atoms with Crippen LogP contribution >= 0.6 is 0 Å². The number of carbonyl (C=O) groups excluding carboxylic acids is 2. The van der Waals surface area contributed by atoms with Crippen LogP contribution in [0.1, 0.15) is 38.7 Å². The minimum absolute atomic E-state index is 0.0224. The molecule has 1 rings (SSSR count). The van der Waals surface area contributed by atoms with Crippen LogP contribution in [0.2, 0.25) is 0 Å². The molecule has 0 spiro atoms. The van der Waals surface area contributed by atoms with Crippen molar-refractivity contribution in [3.63, 3.8) is 0 Å². The van der Waals surface area contributed by atoms with Crippen LogP contribution in [0, 0.1) is 5.92 Å². The van der Waals surface area contributed by atoms with Crippen molar-refractivity contribution >= 4 is 17.5 Å². The number of primary amides is 1. The minimum Gasteiger partial charge on any atom is -0.399 e. The van der Waals surface area contributed by atoms with Crippen molar-refractivity contribution < 1.29 is 9.59 Å². The van der Waals surface area contributed by atoms with Gasteiger partial charge in [0.15, 0.2) is 0 Å². The molecule has 0 saturated heterocycles. The van der Waals surface area contributed by atoms with Crippen LogP contribution in [-0.4, -0.2) is 29.8 Å². The first-order chi connectivity index (χ1) is 9.79. The Hall–Kier alpha value is -2.04. The summed E-state index contributed by atoms with van der Waals surface area (Å²) in [6.45, 7) is 6.51. The summed E-state index contributed by atoms with van der Waals surface area (Å²) < 4.78 is 0. The number of anilines is 1. The lowest BCUT2D eigenvalue weighted by molar-refractivity contribution is -0.136. The zero-order valence-electron chi connectivity index (χ0n) is 13.0. The number of hydrogen-bond donors (Lipinski definition) is 2. The van der Waals surface area contributed by atoms with E-state index in [9.17, 15) is 9.59 Å². The molecule has 116 valence electrons. The Balaban J connectivity index is 2.70.